The number of fused-ring (bicyclic) bond motifs is 1. The lowest BCUT2D eigenvalue weighted by molar-refractivity contribution is 1.16. The van der Waals surface area contributed by atoms with Crippen LogP contribution >= 0.6 is 0 Å². The molecule has 0 aliphatic carbocycles. The normalized spacial score (nSPS) is 13.5. The van der Waals surface area contributed by atoms with Crippen LogP contribution in [0.3, 0.4) is 0 Å². The maximum atomic E-state index is 3.95. The summed E-state index contributed by atoms with van der Waals surface area (Å²) in [6, 6.07) is 0. The van der Waals surface area contributed by atoms with E-state index in [0.717, 1.165) is 5.69 Å². The Morgan fingerprint density at radius 3 is 3.36 bits per heavy atom. The lowest BCUT2D eigenvalue weighted by Crippen LogP contribution is -1.94. The molecule has 1 aromatic rings. The van der Waals surface area contributed by atoms with E-state index in [1.807, 2.05) is 0 Å². The smallest absolute Gasteiger partial charge is 0.180 e. The molecule has 0 saturated carbocycles. The van der Waals surface area contributed by atoms with Crippen LogP contribution in [0.2, 0.25) is 0 Å². The first-order valence-corrected chi connectivity index (χ1v) is 3.07. The van der Waals surface area contributed by atoms with Crippen molar-refractivity contribution in [3.63, 3.8) is 0 Å². The quantitative estimate of drug-likeness (QED) is 0.584. The summed E-state index contributed by atoms with van der Waals surface area (Å²) in [6.45, 7) is 0. The number of hydrogen-bond acceptors (Lipinski definition) is 5. The molecule has 0 saturated heterocycles. The van der Waals surface area contributed by atoms with Crippen molar-refractivity contribution in [2.24, 2.45) is 9.98 Å². The van der Waals surface area contributed by atoms with Crippen molar-refractivity contribution in [1.82, 2.24) is 9.97 Å². The summed E-state index contributed by atoms with van der Waals surface area (Å²) in [5, 5.41) is 2.88. The summed E-state index contributed by atoms with van der Waals surface area (Å²) in [7, 11) is 0. The fourth-order valence-corrected chi connectivity index (χ4v) is 0.756. The zero-order valence-electron chi connectivity index (χ0n) is 5.60. The standard InChI is InChI=1S/C6H5N5/c1-5-6(10-2-7-1)11-4-8-3-9-5/h1-4H,(H,7,8,9,10,11). The SMILES string of the molecule is C1=NC=Nc2ncncc2N1. The average molecular weight is 147 g/mol. The molecule has 1 aliphatic rings. The molecule has 11 heavy (non-hydrogen) atoms. The first kappa shape index (κ1) is 5.96. The molecule has 0 amide bonds. The Hall–Kier alpha value is -1.78. The van der Waals surface area contributed by atoms with Crippen LogP contribution in [0.5, 0.6) is 0 Å². The minimum atomic E-state index is 0.609. The van der Waals surface area contributed by atoms with Crippen LogP contribution < -0.4 is 5.32 Å². The first-order valence-electron chi connectivity index (χ1n) is 3.07. The lowest BCUT2D eigenvalue weighted by Gasteiger charge is -1.97. The van der Waals surface area contributed by atoms with Gasteiger partial charge in [0.2, 0.25) is 0 Å². The van der Waals surface area contributed by atoms with E-state index < -0.39 is 0 Å². The van der Waals surface area contributed by atoms with Gasteiger partial charge in [-0.2, -0.15) is 0 Å². The van der Waals surface area contributed by atoms with Crippen LogP contribution in [0.15, 0.2) is 22.5 Å². The van der Waals surface area contributed by atoms with Gasteiger partial charge in [-0.1, -0.05) is 0 Å². The van der Waals surface area contributed by atoms with E-state index in [1.54, 1.807) is 12.5 Å². The maximum absolute atomic E-state index is 3.95. The number of nitrogens with zero attached hydrogens (tertiary/aromatic N) is 4. The number of hydrogen-bond donors (Lipinski definition) is 1. The first-order chi connectivity index (χ1) is 5.47. The van der Waals surface area contributed by atoms with Gasteiger partial charge < -0.3 is 5.32 Å². The molecule has 0 fully saturated rings. The van der Waals surface area contributed by atoms with Crippen LogP contribution in [0, 0.1) is 0 Å². The molecule has 1 N–H and O–H groups in total. The van der Waals surface area contributed by atoms with Crippen molar-refractivity contribution < 1.29 is 0 Å². The van der Waals surface area contributed by atoms with Gasteiger partial charge >= 0.3 is 0 Å². The molecular weight excluding hydrogens is 142 g/mol. The zero-order valence-corrected chi connectivity index (χ0v) is 5.60. The largest absolute Gasteiger partial charge is 0.342 e. The van der Waals surface area contributed by atoms with Crippen molar-refractivity contribution in [2.75, 3.05) is 5.32 Å². The minimum absolute atomic E-state index is 0.609. The molecule has 1 aliphatic heterocycles. The van der Waals surface area contributed by atoms with Gasteiger partial charge in [-0.15, -0.1) is 0 Å². The molecule has 0 aromatic carbocycles. The second kappa shape index (κ2) is 2.45. The predicted molar refractivity (Wildman–Crippen MR) is 42.3 cm³/mol. The monoisotopic (exact) mass is 147 g/mol. The average Bonchev–Trinajstić information content (AvgIpc) is 2.28. The van der Waals surface area contributed by atoms with Crippen molar-refractivity contribution in [1.29, 1.82) is 0 Å². The predicted octanol–water partition coefficient (Wildman–Crippen LogP) is 0.590. The highest BCUT2D eigenvalue weighted by molar-refractivity contribution is 5.88. The summed E-state index contributed by atoms with van der Waals surface area (Å²) in [6.07, 6.45) is 6.07. The Morgan fingerprint density at radius 2 is 2.36 bits per heavy atom. The highest BCUT2D eigenvalue weighted by Crippen LogP contribution is 2.19. The van der Waals surface area contributed by atoms with Gasteiger partial charge in [-0.3, -0.25) is 0 Å². The molecule has 1 aromatic heterocycles. The van der Waals surface area contributed by atoms with Crippen molar-refractivity contribution in [3.8, 4) is 0 Å². The number of aromatic nitrogens is 2. The summed E-state index contributed by atoms with van der Waals surface area (Å²) in [4.78, 5) is 15.5. The van der Waals surface area contributed by atoms with E-state index in [2.05, 4.69) is 25.3 Å². The van der Waals surface area contributed by atoms with E-state index >= 15 is 0 Å². The van der Waals surface area contributed by atoms with Gasteiger partial charge in [-0.25, -0.2) is 20.0 Å². The maximum Gasteiger partial charge on any atom is 0.180 e. The van der Waals surface area contributed by atoms with Crippen LogP contribution in [-0.2, 0) is 0 Å². The molecular formula is C6H5N5. The molecule has 2 rings (SSSR count). The Bertz CT molecular complexity index is 317. The van der Waals surface area contributed by atoms with E-state index in [9.17, 15) is 0 Å². The van der Waals surface area contributed by atoms with Gasteiger partial charge in [0.1, 0.15) is 18.4 Å². The molecule has 0 bridgehead atoms. The molecule has 2 heterocycles. The summed E-state index contributed by atoms with van der Waals surface area (Å²) < 4.78 is 0. The van der Waals surface area contributed by atoms with Crippen LogP contribution in [0.25, 0.3) is 0 Å². The summed E-state index contributed by atoms with van der Waals surface area (Å²) in [5.74, 6) is 0.609. The van der Waals surface area contributed by atoms with Gasteiger partial charge in [-0.05, 0) is 0 Å². The van der Waals surface area contributed by atoms with Gasteiger partial charge in [0.25, 0.3) is 0 Å². The molecule has 5 nitrogen and oxygen atoms in total. The molecule has 5 heteroatoms. The number of rotatable bonds is 0. The summed E-state index contributed by atoms with van der Waals surface area (Å²) >= 11 is 0. The second-order valence-corrected chi connectivity index (χ2v) is 1.93. The molecule has 54 valence electrons. The number of anilines is 1. The lowest BCUT2D eigenvalue weighted by atomic mass is 10.5. The van der Waals surface area contributed by atoms with Crippen molar-refractivity contribution >= 4 is 24.2 Å². The van der Waals surface area contributed by atoms with Gasteiger partial charge in [0.05, 0.1) is 12.5 Å². The van der Waals surface area contributed by atoms with E-state index in [-0.39, 0.29) is 0 Å². The van der Waals surface area contributed by atoms with E-state index in [0.29, 0.717) is 5.82 Å². The Morgan fingerprint density at radius 1 is 1.36 bits per heavy atom. The third-order valence-electron chi connectivity index (χ3n) is 1.23. The summed E-state index contributed by atoms with van der Waals surface area (Å²) in [5.41, 5.74) is 0.769. The fraction of sp³-hybridized carbons (Fsp3) is 0. The fourth-order valence-electron chi connectivity index (χ4n) is 0.756. The van der Waals surface area contributed by atoms with Gasteiger partial charge in [0, 0.05) is 0 Å². The zero-order chi connectivity index (χ0) is 7.52. The van der Waals surface area contributed by atoms with E-state index in [4.69, 9.17) is 0 Å². The van der Waals surface area contributed by atoms with Crippen LogP contribution in [0.1, 0.15) is 0 Å². The molecule has 0 radical (unpaired) electrons. The highest BCUT2D eigenvalue weighted by Gasteiger charge is 2.00. The van der Waals surface area contributed by atoms with Crippen molar-refractivity contribution in [3.05, 3.63) is 12.5 Å². The van der Waals surface area contributed by atoms with Crippen molar-refractivity contribution in [2.45, 2.75) is 0 Å². The topological polar surface area (TPSA) is 62.5 Å². The minimum Gasteiger partial charge on any atom is -0.342 e. The number of nitrogens with one attached hydrogen (secondary N) is 1. The highest BCUT2D eigenvalue weighted by atomic mass is 15.1. The third-order valence-corrected chi connectivity index (χ3v) is 1.23. The second-order valence-electron chi connectivity index (χ2n) is 1.93. The molecule has 0 atom stereocenters. The van der Waals surface area contributed by atoms with Crippen LogP contribution in [0.4, 0.5) is 11.5 Å². The van der Waals surface area contributed by atoms with E-state index in [1.165, 1.54) is 12.7 Å². The Balaban J connectivity index is 2.52. The van der Waals surface area contributed by atoms with Gasteiger partial charge in [0.15, 0.2) is 5.82 Å². The molecule has 0 unspecified atom stereocenters. The number of aliphatic imine (C=N–C) groups is 2. The Labute approximate surface area is 62.9 Å². The molecule has 0 spiro atoms. The van der Waals surface area contributed by atoms with Crippen LogP contribution in [-0.4, -0.2) is 22.6 Å². The Kier molecular flexibility index (Phi) is 1.33. The third kappa shape index (κ3) is 1.07.